The van der Waals surface area contributed by atoms with Crippen molar-refractivity contribution in [2.75, 3.05) is 18.9 Å². The Labute approximate surface area is 123 Å². The Bertz CT molecular complexity index is 463. The topological polar surface area (TPSA) is 46.6 Å². The Kier molecular flexibility index (Phi) is 5.47. The average Bonchev–Trinajstić information content (AvgIpc) is 2.96. The maximum Gasteiger partial charge on any atom is 0.410 e. The highest BCUT2D eigenvalue weighted by Crippen LogP contribution is 2.23. The molecule has 0 N–H and O–H groups in total. The lowest BCUT2D eigenvalue weighted by Gasteiger charge is -2.22. The number of amides is 1. The predicted octanol–water partition coefficient (Wildman–Crippen LogP) is 2.97. The van der Waals surface area contributed by atoms with Gasteiger partial charge in [-0.3, -0.25) is 9.69 Å². The molecule has 1 atom stereocenters. The largest absolute Gasteiger partial charge is 0.450 e. The van der Waals surface area contributed by atoms with Crippen LogP contribution in [0.1, 0.15) is 19.8 Å². The van der Waals surface area contributed by atoms with Gasteiger partial charge in [-0.1, -0.05) is 18.2 Å². The van der Waals surface area contributed by atoms with Crippen LogP contribution in [0, 0.1) is 0 Å². The fraction of sp³-hybridized carbons (Fsp3) is 0.467. The van der Waals surface area contributed by atoms with Gasteiger partial charge >= 0.3 is 6.09 Å². The molecule has 0 aliphatic carbocycles. The number of likely N-dealkylation sites (tertiary alicyclic amines) is 1. The quantitative estimate of drug-likeness (QED) is 0.783. The van der Waals surface area contributed by atoms with Crippen molar-refractivity contribution < 1.29 is 14.3 Å². The molecule has 1 aliphatic rings. The van der Waals surface area contributed by atoms with Crippen LogP contribution in [-0.4, -0.2) is 41.7 Å². The van der Waals surface area contributed by atoms with E-state index in [4.69, 9.17) is 4.74 Å². The second-order valence-electron chi connectivity index (χ2n) is 4.62. The zero-order chi connectivity index (χ0) is 14.4. The number of rotatable bonds is 5. The number of ketones is 1. The summed E-state index contributed by atoms with van der Waals surface area (Å²) in [7, 11) is 0. The Morgan fingerprint density at radius 2 is 2.10 bits per heavy atom. The van der Waals surface area contributed by atoms with Crippen LogP contribution in [0.2, 0.25) is 0 Å². The lowest BCUT2D eigenvalue weighted by molar-refractivity contribution is -0.120. The minimum Gasteiger partial charge on any atom is -0.450 e. The highest BCUT2D eigenvalue weighted by atomic mass is 32.2. The second-order valence-corrected chi connectivity index (χ2v) is 5.67. The normalized spacial score (nSPS) is 18.1. The SMILES string of the molecule is CCOC(=O)N1CCC[C@H]1C(=O)CSc1ccccc1. The van der Waals surface area contributed by atoms with Crippen LogP contribution < -0.4 is 0 Å². The molecule has 1 amide bonds. The maximum atomic E-state index is 12.3. The van der Waals surface area contributed by atoms with Gasteiger partial charge in [0.2, 0.25) is 0 Å². The number of benzene rings is 1. The van der Waals surface area contributed by atoms with E-state index >= 15 is 0 Å². The third-order valence-electron chi connectivity index (χ3n) is 3.25. The van der Waals surface area contributed by atoms with Crippen LogP contribution in [0.25, 0.3) is 0 Å². The first-order valence-corrected chi connectivity index (χ1v) is 7.85. The minimum atomic E-state index is -0.368. The zero-order valence-electron chi connectivity index (χ0n) is 11.6. The van der Waals surface area contributed by atoms with Crippen molar-refractivity contribution in [3.8, 4) is 0 Å². The monoisotopic (exact) mass is 293 g/mol. The molecular formula is C15H19NO3S. The predicted molar refractivity (Wildman–Crippen MR) is 78.9 cm³/mol. The molecule has 0 spiro atoms. The van der Waals surface area contributed by atoms with Crippen LogP contribution >= 0.6 is 11.8 Å². The number of hydrogen-bond donors (Lipinski definition) is 0. The summed E-state index contributed by atoms with van der Waals surface area (Å²) in [5.74, 6) is 0.495. The van der Waals surface area contributed by atoms with E-state index in [1.54, 1.807) is 11.8 Å². The van der Waals surface area contributed by atoms with Crippen molar-refractivity contribution in [3.05, 3.63) is 30.3 Å². The first kappa shape index (κ1) is 14.9. The van der Waals surface area contributed by atoms with Crippen LogP contribution in [0.4, 0.5) is 4.79 Å². The van der Waals surface area contributed by atoms with E-state index in [0.717, 1.165) is 17.7 Å². The van der Waals surface area contributed by atoms with Gasteiger partial charge in [-0.05, 0) is 31.9 Å². The van der Waals surface area contributed by atoms with Crippen LogP contribution in [-0.2, 0) is 9.53 Å². The van der Waals surface area contributed by atoms with Gasteiger partial charge < -0.3 is 4.74 Å². The summed E-state index contributed by atoms with van der Waals surface area (Å²) in [4.78, 5) is 26.7. The molecule has 1 aliphatic heterocycles. The molecule has 1 aromatic rings. The van der Waals surface area contributed by atoms with Crippen molar-refractivity contribution in [3.63, 3.8) is 0 Å². The first-order chi connectivity index (χ1) is 9.72. The number of Topliss-reactive ketones (excluding diaryl/α,β-unsaturated/α-hetero) is 1. The van der Waals surface area contributed by atoms with Gasteiger partial charge in [-0.15, -0.1) is 11.8 Å². The lowest BCUT2D eigenvalue weighted by Crippen LogP contribution is -2.41. The van der Waals surface area contributed by atoms with Crippen LogP contribution in [0.3, 0.4) is 0 Å². The minimum absolute atomic E-state index is 0.101. The molecule has 2 rings (SSSR count). The molecular weight excluding hydrogens is 274 g/mol. The van der Waals surface area contributed by atoms with Crippen LogP contribution in [0.15, 0.2) is 35.2 Å². The fourth-order valence-corrected chi connectivity index (χ4v) is 3.14. The van der Waals surface area contributed by atoms with Gasteiger partial charge in [-0.25, -0.2) is 4.79 Å². The third kappa shape index (κ3) is 3.76. The van der Waals surface area contributed by atoms with Crippen LogP contribution in [0.5, 0.6) is 0 Å². The van der Waals surface area contributed by atoms with E-state index in [0.29, 0.717) is 18.9 Å². The molecule has 0 radical (unpaired) electrons. The Hall–Kier alpha value is -1.49. The smallest absolute Gasteiger partial charge is 0.410 e. The van der Waals surface area contributed by atoms with Gasteiger partial charge in [-0.2, -0.15) is 0 Å². The summed E-state index contributed by atoms with van der Waals surface area (Å²) in [6, 6.07) is 9.50. The van der Waals surface area contributed by atoms with Gasteiger partial charge in [0.15, 0.2) is 5.78 Å². The fourth-order valence-electron chi connectivity index (χ4n) is 2.29. The summed E-state index contributed by atoms with van der Waals surface area (Å²) < 4.78 is 5.00. The standard InChI is InChI=1S/C15H19NO3S/c1-2-19-15(18)16-10-6-9-13(16)14(17)11-20-12-7-4-3-5-8-12/h3-5,7-8,13H,2,6,9-11H2,1H3/t13-/m0/s1. The molecule has 0 bridgehead atoms. The van der Waals surface area contributed by atoms with E-state index < -0.39 is 0 Å². The Morgan fingerprint density at radius 3 is 2.80 bits per heavy atom. The van der Waals surface area contributed by atoms with E-state index in [9.17, 15) is 9.59 Å². The summed E-state index contributed by atoms with van der Waals surface area (Å²) in [5.41, 5.74) is 0. The molecule has 108 valence electrons. The molecule has 1 saturated heterocycles. The number of thioether (sulfide) groups is 1. The zero-order valence-corrected chi connectivity index (χ0v) is 12.4. The Balaban J connectivity index is 1.89. The molecule has 1 aromatic carbocycles. The molecule has 0 unspecified atom stereocenters. The first-order valence-electron chi connectivity index (χ1n) is 6.86. The summed E-state index contributed by atoms with van der Waals surface area (Å²) in [6.07, 6.45) is 1.24. The van der Waals surface area contributed by atoms with Crippen molar-refractivity contribution in [2.45, 2.75) is 30.7 Å². The highest BCUT2D eigenvalue weighted by molar-refractivity contribution is 8.00. The second kappa shape index (κ2) is 7.33. The van der Waals surface area contributed by atoms with Crippen molar-refractivity contribution >= 4 is 23.6 Å². The number of nitrogens with zero attached hydrogens (tertiary/aromatic N) is 1. The van der Waals surface area contributed by atoms with E-state index in [-0.39, 0.29) is 17.9 Å². The van der Waals surface area contributed by atoms with Gasteiger partial charge in [0, 0.05) is 11.4 Å². The number of carbonyl (C=O) groups is 2. The highest BCUT2D eigenvalue weighted by Gasteiger charge is 2.34. The van der Waals surface area contributed by atoms with Gasteiger partial charge in [0.1, 0.15) is 0 Å². The molecule has 4 nitrogen and oxygen atoms in total. The lowest BCUT2D eigenvalue weighted by atomic mass is 10.1. The number of carbonyl (C=O) groups excluding carboxylic acids is 2. The van der Waals surface area contributed by atoms with E-state index in [1.807, 2.05) is 30.3 Å². The molecule has 20 heavy (non-hydrogen) atoms. The third-order valence-corrected chi connectivity index (χ3v) is 4.29. The van der Waals surface area contributed by atoms with E-state index in [1.165, 1.54) is 11.8 Å². The molecule has 5 heteroatoms. The molecule has 0 aromatic heterocycles. The van der Waals surface area contributed by atoms with Crippen molar-refractivity contribution in [1.82, 2.24) is 4.90 Å². The van der Waals surface area contributed by atoms with Crippen molar-refractivity contribution in [1.29, 1.82) is 0 Å². The van der Waals surface area contributed by atoms with Crippen molar-refractivity contribution in [2.24, 2.45) is 0 Å². The average molecular weight is 293 g/mol. The molecule has 1 fully saturated rings. The van der Waals surface area contributed by atoms with Gasteiger partial charge in [0.25, 0.3) is 0 Å². The maximum absolute atomic E-state index is 12.3. The summed E-state index contributed by atoms with van der Waals surface area (Å²) >= 11 is 1.51. The number of hydrogen-bond acceptors (Lipinski definition) is 4. The number of ether oxygens (including phenoxy) is 1. The molecule has 1 heterocycles. The Morgan fingerprint density at radius 1 is 1.35 bits per heavy atom. The molecule has 0 saturated carbocycles. The van der Waals surface area contributed by atoms with E-state index in [2.05, 4.69) is 0 Å². The summed E-state index contributed by atoms with van der Waals surface area (Å²) in [5, 5.41) is 0. The van der Waals surface area contributed by atoms with Gasteiger partial charge in [0.05, 0.1) is 18.4 Å². The summed E-state index contributed by atoms with van der Waals surface area (Å²) in [6.45, 7) is 2.73.